The van der Waals surface area contributed by atoms with Crippen LogP contribution in [-0.4, -0.2) is 11.6 Å². The number of unbranched alkanes of at least 4 members (excludes halogenated alkanes) is 1. The van der Waals surface area contributed by atoms with Gasteiger partial charge < -0.3 is 20.6 Å². The highest BCUT2D eigenvalue weighted by atomic mass is 16.6. The molecule has 0 aliphatic carbocycles. The van der Waals surface area contributed by atoms with E-state index in [-0.39, 0.29) is 6.08 Å². The zero-order valence-electron chi connectivity index (χ0n) is 10.1. The minimum Gasteiger partial charge on any atom is -0.450 e. The first-order valence-electron chi connectivity index (χ1n) is 5.74. The summed E-state index contributed by atoms with van der Waals surface area (Å²) < 4.78 is 10.2. The molecule has 2 rings (SSSR count). The quantitative estimate of drug-likeness (QED) is 0.629. The van der Waals surface area contributed by atoms with Crippen LogP contribution in [0.3, 0.4) is 0 Å². The lowest BCUT2D eigenvalue weighted by Crippen LogP contribution is -2.07. The van der Waals surface area contributed by atoms with E-state index in [1.165, 1.54) is 12.1 Å². The van der Waals surface area contributed by atoms with E-state index in [0.29, 0.717) is 28.9 Å². The molecule has 0 spiro atoms. The summed E-state index contributed by atoms with van der Waals surface area (Å²) in [4.78, 5) is 15.8. The third-order valence-corrected chi connectivity index (χ3v) is 2.54. The molecule has 1 aromatic heterocycles. The van der Waals surface area contributed by atoms with Crippen LogP contribution in [-0.2, 0) is 0 Å². The van der Waals surface area contributed by atoms with Gasteiger partial charge in [0.25, 0.3) is 0 Å². The lowest BCUT2D eigenvalue weighted by atomic mass is 10.2. The predicted octanol–water partition coefficient (Wildman–Crippen LogP) is 1.53. The first kappa shape index (κ1) is 12.2. The molecule has 0 fully saturated rings. The van der Waals surface area contributed by atoms with E-state index in [9.17, 15) is 4.79 Å². The molecule has 6 heteroatoms. The second-order valence-electron chi connectivity index (χ2n) is 3.97. The van der Waals surface area contributed by atoms with Crippen LogP contribution in [0.1, 0.15) is 19.8 Å². The van der Waals surface area contributed by atoms with Gasteiger partial charge in [0.05, 0.1) is 28.9 Å². The lowest BCUT2D eigenvalue weighted by molar-refractivity contribution is 0.213. The first-order chi connectivity index (χ1) is 8.61. The predicted molar refractivity (Wildman–Crippen MR) is 69.5 cm³/mol. The van der Waals surface area contributed by atoms with Crippen LogP contribution in [0.4, 0.5) is 11.4 Å². The number of ether oxygens (including phenoxy) is 1. The highest BCUT2D eigenvalue weighted by molar-refractivity contribution is 5.87. The number of anilines is 2. The second kappa shape index (κ2) is 4.95. The molecule has 0 atom stereocenters. The number of aromatic nitrogens is 1. The number of nitrogen functional groups attached to an aromatic ring is 2. The molecule has 0 aliphatic rings. The number of hydrogen-bond acceptors (Lipinski definition) is 6. The summed E-state index contributed by atoms with van der Waals surface area (Å²) in [5.74, 6) is 0. The first-order valence-corrected chi connectivity index (χ1v) is 5.74. The van der Waals surface area contributed by atoms with Gasteiger partial charge in [-0.15, -0.1) is 0 Å². The van der Waals surface area contributed by atoms with Crippen LogP contribution < -0.4 is 21.8 Å². The van der Waals surface area contributed by atoms with Crippen LogP contribution in [0.2, 0.25) is 0 Å². The Labute approximate surface area is 104 Å². The summed E-state index contributed by atoms with van der Waals surface area (Å²) in [6.07, 6.45) is 1.82. The Balaban J connectivity index is 2.42. The molecule has 4 N–H and O–H groups in total. The van der Waals surface area contributed by atoms with E-state index in [2.05, 4.69) is 4.98 Å². The van der Waals surface area contributed by atoms with Crippen molar-refractivity contribution in [1.82, 2.24) is 4.98 Å². The Morgan fingerprint density at radius 1 is 1.33 bits per heavy atom. The van der Waals surface area contributed by atoms with Crippen molar-refractivity contribution in [2.45, 2.75) is 19.8 Å². The molecule has 0 radical (unpaired) electrons. The minimum atomic E-state index is -0.529. The van der Waals surface area contributed by atoms with Crippen LogP contribution in [0.5, 0.6) is 6.08 Å². The summed E-state index contributed by atoms with van der Waals surface area (Å²) in [5, 5.41) is 0.296. The molecule has 0 saturated heterocycles. The van der Waals surface area contributed by atoms with Crippen LogP contribution in [0, 0.1) is 0 Å². The number of rotatable bonds is 4. The minimum absolute atomic E-state index is 0.0369. The molecule has 6 nitrogen and oxygen atoms in total. The van der Waals surface area contributed by atoms with E-state index in [1.54, 1.807) is 0 Å². The summed E-state index contributed by atoms with van der Waals surface area (Å²) in [5.41, 5.74) is 11.9. The van der Waals surface area contributed by atoms with Gasteiger partial charge in [0.15, 0.2) is 0 Å². The molecule has 0 unspecified atom stereocenters. The molecule has 0 amide bonds. The van der Waals surface area contributed by atoms with E-state index in [1.807, 2.05) is 6.92 Å². The number of benzene rings is 1. The number of nitrogens with two attached hydrogens (primary N) is 2. The summed E-state index contributed by atoms with van der Waals surface area (Å²) in [6, 6.07) is 2.99. The highest BCUT2D eigenvalue weighted by Gasteiger charge is 2.09. The van der Waals surface area contributed by atoms with Crippen LogP contribution in [0.15, 0.2) is 21.3 Å². The molecular formula is C12H15N3O3. The summed E-state index contributed by atoms with van der Waals surface area (Å²) >= 11 is 0. The van der Waals surface area contributed by atoms with Gasteiger partial charge >= 0.3 is 11.7 Å². The molecule has 0 saturated carbocycles. The third kappa shape index (κ3) is 2.37. The average Bonchev–Trinajstić information content (AvgIpc) is 2.32. The van der Waals surface area contributed by atoms with E-state index < -0.39 is 5.63 Å². The normalized spacial score (nSPS) is 10.7. The van der Waals surface area contributed by atoms with Gasteiger partial charge in [-0.3, -0.25) is 0 Å². The smallest absolute Gasteiger partial charge is 0.397 e. The van der Waals surface area contributed by atoms with Gasteiger partial charge in [-0.2, -0.15) is 4.98 Å². The Morgan fingerprint density at radius 2 is 2.06 bits per heavy atom. The van der Waals surface area contributed by atoms with Gasteiger partial charge in [-0.25, -0.2) is 4.79 Å². The number of fused-ring (bicyclic) bond motifs is 1. The van der Waals surface area contributed by atoms with Gasteiger partial charge in [0, 0.05) is 0 Å². The van der Waals surface area contributed by atoms with Gasteiger partial charge in [-0.1, -0.05) is 13.3 Å². The lowest BCUT2D eigenvalue weighted by Gasteiger charge is -2.05. The maximum absolute atomic E-state index is 11.7. The maximum Gasteiger partial charge on any atom is 0.397 e. The third-order valence-electron chi connectivity index (χ3n) is 2.54. The fraction of sp³-hybridized carbons (Fsp3) is 0.333. The fourth-order valence-corrected chi connectivity index (χ4v) is 1.50. The molecule has 1 heterocycles. The molecule has 96 valence electrons. The van der Waals surface area contributed by atoms with Gasteiger partial charge in [-0.05, 0) is 18.6 Å². The molecular weight excluding hydrogens is 234 g/mol. The van der Waals surface area contributed by atoms with Crippen molar-refractivity contribution in [3.05, 3.63) is 22.6 Å². The van der Waals surface area contributed by atoms with Crippen LogP contribution in [0.25, 0.3) is 10.9 Å². The Morgan fingerprint density at radius 3 is 2.78 bits per heavy atom. The monoisotopic (exact) mass is 249 g/mol. The highest BCUT2D eigenvalue weighted by Crippen LogP contribution is 2.21. The zero-order chi connectivity index (χ0) is 13.1. The topological polar surface area (TPSA) is 104 Å². The molecule has 0 bridgehead atoms. The van der Waals surface area contributed by atoms with Crippen molar-refractivity contribution in [2.75, 3.05) is 18.1 Å². The average molecular weight is 249 g/mol. The van der Waals surface area contributed by atoms with Crippen molar-refractivity contribution in [3.8, 4) is 6.08 Å². The fourth-order valence-electron chi connectivity index (χ4n) is 1.50. The van der Waals surface area contributed by atoms with Crippen molar-refractivity contribution >= 4 is 22.3 Å². The van der Waals surface area contributed by atoms with E-state index >= 15 is 0 Å². The molecule has 18 heavy (non-hydrogen) atoms. The van der Waals surface area contributed by atoms with Gasteiger partial charge in [0.2, 0.25) is 0 Å². The summed E-state index contributed by atoms with van der Waals surface area (Å²) in [6.45, 7) is 2.50. The second-order valence-corrected chi connectivity index (χ2v) is 3.97. The molecule has 0 aliphatic heterocycles. The standard InChI is InChI=1S/C12H15N3O3/c1-2-3-4-17-12-15-10-6-9(14)8(13)5-7(10)11(16)18-12/h5-6H,2-4,13-14H2,1H3. The van der Waals surface area contributed by atoms with E-state index in [0.717, 1.165) is 12.8 Å². The van der Waals surface area contributed by atoms with Crippen molar-refractivity contribution < 1.29 is 9.15 Å². The number of nitrogens with zero attached hydrogens (tertiary/aromatic N) is 1. The van der Waals surface area contributed by atoms with Crippen molar-refractivity contribution in [1.29, 1.82) is 0 Å². The van der Waals surface area contributed by atoms with Crippen molar-refractivity contribution in [3.63, 3.8) is 0 Å². The van der Waals surface area contributed by atoms with Gasteiger partial charge in [0.1, 0.15) is 0 Å². The summed E-state index contributed by atoms with van der Waals surface area (Å²) in [7, 11) is 0. The van der Waals surface area contributed by atoms with Crippen LogP contribution >= 0.6 is 0 Å². The maximum atomic E-state index is 11.7. The number of hydrogen-bond donors (Lipinski definition) is 2. The molecule has 1 aromatic carbocycles. The Bertz CT molecular complexity index is 622. The zero-order valence-corrected chi connectivity index (χ0v) is 10.1. The molecule has 2 aromatic rings. The van der Waals surface area contributed by atoms with Crippen molar-refractivity contribution in [2.24, 2.45) is 0 Å². The largest absolute Gasteiger partial charge is 0.450 e. The van der Waals surface area contributed by atoms with E-state index in [4.69, 9.17) is 20.6 Å². The Kier molecular flexibility index (Phi) is 3.36. The Hall–Kier alpha value is -2.24. The SMILES string of the molecule is CCCCOc1nc2cc(N)c(N)cc2c(=O)o1.